The number of hydrogen-bond acceptors (Lipinski definition) is 3. The Bertz CT molecular complexity index is 461. The first-order chi connectivity index (χ1) is 8.08. The third-order valence-electron chi connectivity index (χ3n) is 2.64. The second kappa shape index (κ2) is 4.32. The van der Waals surface area contributed by atoms with Crippen LogP contribution in [0.25, 0.3) is 0 Å². The highest BCUT2D eigenvalue weighted by Crippen LogP contribution is 2.26. The fraction of sp³-hybridized carbons (Fsp3) is 0.273. The Hall–Kier alpha value is -2.24. The normalized spacial score (nSPS) is 19.0. The van der Waals surface area contributed by atoms with Crippen molar-refractivity contribution in [3.8, 4) is 0 Å². The smallest absolute Gasteiger partial charge is 0.405 e. The summed E-state index contributed by atoms with van der Waals surface area (Å²) in [5.41, 5.74) is 1.56. The number of carboxylic acid groups (broad SMARTS) is 1. The van der Waals surface area contributed by atoms with Gasteiger partial charge in [-0.15, -0.1) is 0 Å². The molecule has 0 aromatic heterocycles. The molecule has 6 nitrogen and oxygen atoms in total. The van der Waals surface area contributed by atoms with Crippen LogP contribution in [0.3, 0.4) is 0 Å². The van der Waals surface area contributed by atoms with Gasteiger partial charge in [-0.05, 0) is 12.1 Å². The molecule has 1 heterocycles. The lowest BCUT2D eigenvalue weighted by Gasteiger charge is -2.21. The van der Waals surface area contributed by atoms with Crippen LogP contribution in [0.5, 0.6) is 0 Å². The monoisotopic (exact) mass is 235 g/mol. The molecule has 0 spiro atoms. The largest absolute Gasteiger partial charge is 0.465 e. The van der Waals surface area contributed by atoms with Gasteiger partial charge in [0.2, 0.25) is 5.91 Å². The maximum Gasteiger partial charge on any atom is 0.405 e. The van der Waals surface area contributed by atoms with Gasteiger partial charge in [0.25, 0.3) is 0 Å². The Labute approximate surface area is 98.2 Å². The number of carbonyl (C=O) groups excluding carboxylic acids is 1. The fourth-order valence-corrected chi connectivity index (χ4v) is 1.85. The van der Waals surface area contributed by atoms with Crippen LogP contribution in [0.15, 0.2) is 24.3 Å². The standard InChI is InChI=1S/C11H13N3O3/c1-14-6-8(13-11(16)17)10(15)12-7-4-2-3-5-9(7)14/h2-5,8,13H,6H2,1H3,(H,12,15)(H,16,17)/t8-/m0/s1. The first-order valence-electron chi connectivity index (χ1n) is 5.18. The second-order valence-corrected chi connectivity index (χ2v) is 3.89. The van der Waals surface area contributed by atoms with E-state index in [0.717, 1.165) is 5.69 Å². The Kier molecular flexibility index (Phi) is 2.86. The molecule has 1 aliphatic heterocycles. The van der Waals surface area contributed by atoms with Crippen molar-refractivity contribution in [1.29, 1.82) is 0 Å². The number of fused-ring (bicyclic) bond motifs is 1. The van der Waals surface area contributed by atoms with Crippen LogP contribution in [0.4, 0.5) is 16.2 Å². The number of rotatable bonds is 1. The molecule has 0 saturated carbocycles. The number of anilines is 2. The minimum Gasteiger partial charge on any atom is -0.465 e. The van der Waals surface area contributed by atoms with Gasteiger partial charge in [0.15, 0.2) is 0 Å². The molecule has 0 unspecified atom stereocenters. The Morgan fingerprint density at radius 1 is 1.53 bits per heavy atom. The summed E-state index contributed by atoms with van der Waals surface area (Å²) in [6.45, 7) is 0.301. The minimum absolute atomic E-state index is 0.301. The van der Waals surface area contributed by atoms with Crippen LogP contribution in [0, 0.1) is 0 Å². The van der Waals surface area contributed by atoms with E-state index in [1.807, 2.05) is 30.1 Å². The highest BCUT2D eigenvalue weighted by Gasteiger charge is 2.27. The van der Waals surface area contributed by atoms with Crippen LogP contribution >= 0.6 is 0 Å². The molecule has 2 amide bonds. The molecule has 1 aliphatic rings. The maximum atomic E-state index is 11.8. The number of likely N-dealkylation sites (N-methyl/N-ethyl adjacent to an activating group) is 1. The third-order valence-corrected chi connectivity index (χ3v) is 2.64. The zero-order chi connectivity index (χ0) is 12.4. The summed E-state index contributed by atoms with van der Waals surface area (Å²) in [6, 6.07) is 6.57. The summed E-state index contributed by atoms with van der Waals surface area (Å²) >= 11 is 0. The van der Waals surface area contributed by atoms with Crippen molar-refractivity contribution in [2.45, 2.75) is 6.04 Å². The van der Waals surface area contributed by atoms with Gasteiger partial charge in [-0.25, -0.2) is 4.79 Å². The molecule has 1 atom stereocenters. The molecule has 0 bridgehead atoms. The third kappa shape index (κ3) is 2.30. The van der Waals surface area contributed by atoms with Gasteiger partial charge in [0.05, 0.1) is 11.4 Å². The lowest BCUT2D eigenvalue weighted by atomic mass is 10.2. The predicted molar refractivity (Wildman–Crippen MR) is 63.3 cm³/mol. The average molecular weight is 235 g/mol. The highest BCUT2D eigenvalue weighted by atomic mass is 16.4. The molecule has 0 radical (unpaired) electrons. The number of para-hydroxylation sites is 2. The summed E-state index contributed by atoms with van der Waals surface area (Å²) in [5, 5.41) is 13.6. The number of hydrogen-bond donors (Lipinski definition) is 3. The molecule has 0 saturated heterocycles. The van der Waals surface area contributed by atoms with Crippen molar-refractivity contribution in [1.82, 2.24) is 5.32 Å². The Balaban J connectivity index is 2.28. The van der Waals surface area contributed by atoms with Gasteiger partial charge >= 0.3 is 6.09 Å². The van der Waals surface area contributed by atoms with E-state index in [1.165, 1.54) is 0 Å². The molecular weight excluding hydrogens is 222 g/mol. The van der Waals surface area contributed by atoms with Crippen molar-refractivity contribution in [2.24, 2.45) is 0 Å². The van der Waals surface area contributed by atoms with E-state index in [0.29, 0.717) is 12.2 Å². The highest BCUT2D eigenvalue weighted by molar-refractivity contribution is 6.00. The van der Waals surface area contributed by atoms with Gasteiger partial charge in [-0.2, -0.15) is 0 Å². The molecule has 3 N–H and O–H groups in total. The van der Waals surface area contributed by atoms with Crippen molar-refractivity contribution >= 4 is 23.4 Å². The van der Waals surface area contributed by atoms with Crippen LogP contribution in [-0.4, -0.2) is 36.7 Å². The Morgan fingerprint density at radius 3 is 2.94 bits per heavy atom. The van der Waals surface area contributed by atoms with Crippen molar-refractivity contribution in [3.63, 3.8) is 0 Å². The molecule has 90 valence electrons. The zero-order valence-corrected chi connectivity index (χ0v) is 9.30. The molecule has 17 heavy (non-hydrogen) atoms. The number of nitrogens with one attached hydrogen (secondary N) is 2. The first-order valence-corrected chi connectivity index (χ1v) is 5.18. The molecule has 0 fully saturated rings. The average Bonchev–Trinajstić information content (AvgIpc) is 2.38. The molecule has 0 aliphatic carbocycles. The first kappa shape index (κ1) is 11.3. The second-order valence-electron chi connectivity index (χ2n) is 3.89. The number of amides is 2. The maximum absolute atomic E-state index is 11.8. The van der Waals surface area contributed by atoms with E-state index in [4.69, 9.17) is 5.11 Å². The Morgan fingerprint density at radius 2 is 2.24 bits per heavy atom. The van der Waals surface area contributed by atoms with E-state index < -0.39 is 12.1 Å². The summed E-state index contributed by atoms with van der Waals surface area (Å²) in [5.74, 6) is -0.343. The predicted octanol–water partition coefficient (Wildman–Crippen LogP) is 0.711. The SMILES string of the molecule is CN1C[C@H](NC(=O)O)C(=O)Nc2ccccc21. The topological polar surface area (TPSA) is 81.7 Å². The van der Waals surface area contributed by atoms with Gasteiger partial charge in [-0.3, -0.25) is 4.79 Å². The van der Waals surface area contributed by atoms with Crippen LogP contribution in [0.1, 0.15) is 0 Å². The molecule has 2 rings (SSSR count). The fourth-order valence-electron chi connectivity index (χ4n) is 1.85. The molecular formula is C11H13N3O3. The number of carbonyl (C=O) groups is 2. The summed E-state index contributed by atoms with van der Waals surface area (Å²) in [4.78, 5) is 24.2. The zero-order valence-electron chi connectivity index (χ0n) is 9.30. The van der Waals surface area contributed by atoms with Gasteiger partial charge < -0.3 is 20.6 Å². The van der Waals surface area contributed by atoms with E-state index in [1.54, 1.807) is 6.07 Å². The van der Waals surface area contributed by atoms with Crippen LogP contribution in [0.2, 0.25) is 0 Å². The molecule has 1 aromatic carbocycles. The lowest BCUT2D eigenvalue weighted by Crippen LogP contribution is -2.48. The minimum atomic E-state index is -1.20. The summed E-state index contributed by atoms with van der Waals surface area (Å²) in [7, 11) is 1.82. The number of benzene rings is 1. The molecule has 6 heteroatoms. The van der Waals surface area contributed by atoms with Crippen molar-refractivity contribution in [3.05, 3.63) is 24.3 Å². The van der Waals surface area contributed by atoms with E-state index >= 15 is 0 Å². The lowest BCUT2D eigenvalue weighted by molar-refractivity contribution is -0.117. The quantitative estimate of drug-likeness (QED) is 0.669. The van der Waals surface area contributed by atoms with Crippen molar-refractivity contribution in [2.75, 3.05) is 23.8 Å². The van der Waals surface area contributed by atoms with Gasteiger partial charge in [-0.1, -0.05) is 12.1 Å². The van der Waals surface area contributed by atoms with Crippen LogP contribution in [-0.2, 0) is 4.79 Å². The molecule has 1 aromatic rings. The van der Waals surface area contributed by atoms with Crippen molar-refractivity contribution < 1.29 is 14.7 Å². The van der Waals surface area contributed by atoms with E-state index in [-0.39, 0.29) is 5.91 Å². The van der Waals surface area contributed by atoms with Crippen LogP contribution < -0.4 is 15.5 Å². The van der Waals surface area contributed by atoms with E-state index in [2.05, 4.69) is 10.6 Å². The van der Waals surface area contributed by atoms with Gasteiger partial charge in [0, 0.05) is 13.6 Å². The van der Waals surface area contributed by atoms with E-state index in [9.17, 15) is 9.59 Å². The summed E-state index contributed by atoms with van der Waals surface area (Å²) in [6.07, 6.45) is -1.20. The number of nitrogens with zero attached hydrogens (tertiary/aromatic N) is 1. The summed E-state index contributed by atoms with van der Waals surface area (Å²) < 4.78 is 0. The van der Waals surface area contributed by atoms with Gasteiger partial charge in [0.1, 0.15) is 6.04 Å².